The van der Waals surface area contributed by atoms with Gasteiger partial charge in [0.05, 0.1) is 11.4 Å². The molecule has 0 saturated heterocycles. The second-order valence-corrected chi connectivity index (χ2v) is 16.1. The first-order valence-electron chi connectivity index (χ1n) is 20.3. The van der Waals surface area contributed by atoms with Gasteiger partial charge in [0, 0.05) is 11.1 Å². The van der Waals surface area contributed by atoms with Gasteiger partial charge in [-0.05, 0) is 125 Å². The summed E-state index contributed by atoms with van der Waals surface area (Å²) in [5.41, 5.74) is 18.6. The Balaban J connectivity index is 1.06. The molecule has 0 spiro atoms. The monoisotopic (exact) mass is 739 g/mol. The van der Waals surface area contributed by atoms with Crippen LogP contribution in [0.4, 0.5) is 0 Å². The van der Waals surface area contributed by atoms with E-state index in [9.17, 15) is 0 Å². The van der Waals surface area contributed by atoms with Crippen molar-refractivity contribution in [3.05, 3.63) is 223 Å². The fourth-order valence-electron chi connectivity index (χ4n) is 9.62. The van der Waals surface area contributed by atoms with Gasteiger partial charge >= 0.3 is 0 Å². The minimum absolute atomic E-state index is 0.202. The van der Waals surface area contributed by atoms with Crippen LogP contribution in [0.2, 0.25) is 0 Å². The smallest absolute Gasteiger partial charge is 0.0535 e. The van der Waals surface area contributed by atoms with E-state index < -0.39 is 0 Å². The van der Waals surface area contributed by atoms with E-state index in [1.165, 1.54) is 105 Å². The molecule has 9 aromatic carbocycles. The first-order valence-corrected chi connectivity index (χ1v) is 20.3. The largest absolute Gasteiger partial charge is 0.309 e. The minimum Gasteiger partial charge on any atom is -0.309 e. The number of aromatic nitrogens is 1. The van der Waals surface area contributed by atoms with Crippen molar-refractivity contribution in [3.8, 4) is 72.7 Å². The zero-order valence-electron chi connectivity index (χ0n) is 32.7. The van der Waals surface area contributed by atoms with Crippen molar-refractivity contribution in [2.24, 2.45) is 0 Å². The summed E-state index contributed by atoms with van der Waals surface area (Å²) in [5.74, 6) is 0. The molecule has 0 aliphatic heterocycles. The second-order valence-electron chi connectivity index (χ2n) is 16.1. The molecule has 0 bridgehead atoms. The van der Waals surface area contributed by atoms with Crippen LogP contribution >= 0.6 is 0 Å². The number of hydrogen-bond donors (Lipinski definition) is 0. The summed E-state index contributed by atoms with van der Waals surface area (Å²) in [5, 5.41) is 5.08. The Hall–Kier alpha value is -7.22. The van der Waals surface area contributed by atoms with Crippen LogP contribution in [0.1, 0.15) is 25.0 Å². The average molecular weight is 740 g/mol. The topological polar surface area (TPSA) is 4.93 Å². The first-order chi connectivity index (χ1) is 28.5. The maximum Gasteiger partial charge on any atom is 0.0535 e. The number of hydrogen-bond acceptors (Lipinski definition) is 0. The third-order valence-corrected chi connectivity index (χ3v) is 12.4. The van der Waals surface area contributed by atoms with Crippen LogP contribution in [0, 0.1) is 0 Å². The maximum atomic E-state index is 2.46. The van der Waals surface area contributed by atoms with Crippen molar-refractivity contribution >= 4 is 21.5 Å². The van der Waals surface area contributed by atoms with Gasteiger partial charge in [0.15, 0.2) is 0 Å². The summed E-state index contributed by atoms with van der Waals surface area (Å²) < 4.78 is 2.43. The van der Waals surface area contributed by atoms with Gasteiger partial charge in [-0.3, -0.25) is 0 Å². The predicted molar refractivity (Wildman–Crippen MR) is 246 cm³/mol. The molecule has 11 rings (SSSR count). The molecule has 0 fully saturated rings. The minimum atomic E-state index is -0.202. The van der Waals surface area contributed by atoms with Gasteiger partial charge in [-0.2, -0.15) is 0 Å². The number of fused-ring (bicyclic) bond motifs is 5. The van der Waals surface area contributed by atoms with Crippen LogP contribution in [0.15, 0.2) is 212 Å². The van der Waals surface area contributed by atoms with E-state index in [1.807, 2.05) is 0 Å². The third kappa shape index (κ3) is 5.39. The fourth-order valence-corrected chi connectivity index (χ4v) is 9.62. The molecule has 10 aromatic rings. The molecule has 0 unspecified atom stereocenters. The number of nitrogens with zero attached hydrogens (tertiary/aromatic N) is 1. The van der Waals surface area contributed by atoms with Crippen molar-refractivity contribution in [3.63, 3.8) is 0 Å². The molecule has 1 heterocycles. The van der Waals surface area contributed by atoms with Crippen LogP contribution in [0.3, 0.4) is 0 Å². The van der Waals surface area contributed by atoms with Crippen LogP contribution < -0.4 is 0 Å². The Morgan fingerprint density at radius 2 is 0.724 bits per heavy atom. The Morgan fingerprint density at radius 3 is 1.28 bits per heavy atom. The lowest BCUT2D eigenvalue weighted by atomic mass is 9.81. The second kappa shape index (κ2) is 13.5. The van der Waals surface area contributed by atoms with Crippen molar-refractivity contribution in [1.82, 2.24) is 4.57 Å². The van der Waals surface area contributed by atoms with E-state index >= 15 is 0 Å². The number of rotatable bonds is 6. The molecule has 1 aliphatic carbocycles. The summed E-state index contributed by atoms with van der Waals surface area (Å²) in [7, 11) is 0. The van der Waals surface area contributed by atoms with E-state index in [-0.39, 0.29) is 5.41 Å². The lowest BCUT2D eigenvalue weighted by Crippen LogP contribution is -2.15. The SMILES string of the molecule is CC1(C)c2cc(-c3ccc4c(-c5ccccc5)c5ccccc5c(-c5ccccc5)c4c3)ccc2-c2ccc(-n3c(-c4ccccc4)ccc3-c3ccccc3)cc21. The third-order valence-electron chi connectivity index (χ3n) is 12.4. The molecule has 274 valence electrons. The standard InChI is InChI=1S/C57H41N/c1-57(2)51-36-43(42-28-31-49-50(35-42)56(41-23-13-6-14-24-41)48-26-16-15-25-47(48)55(49)40-21-11-5-12-22-40)27-30-45(51)46-32-29-44(37-52(46)57)58-53(38-17-7-3-8-18-38)33-34-54(58)39-19-9-4-10-20-39/h3-37H,1-2H3. The molecular weight excluding hydrogens is 699 g/mol. The summed E-state index contributed by atoms with van der Waals surface area (Å²) in [6, 6.07) is 78.0. The quantitative estimate of drug-likeness (QED) is 0.150. The summed E-state index contributed by atoms with van der Waals surface area (Å²) >= 11 is 0. The molecule has 1 aromatic heterocycles. The van der Waals surface area contributed by atoms with Gasteiger partial charge in [0.25, 0.3) is 0 Å². The highest BCUT2D eigenvalue weighted by molar-refractivity contribution is 6.22. The Bertz CT molecular complexity index is 3100. The molecular formula is C57H41N. The molecule has 58 heavy (non-hydrogen) atoms. The zero-order chi connectivity index (χ0) is 38.8. The summed E-state index contributed by atoms with van der Waals surface area (Å²) in [6.07, 6.45) is 0. The van der Waals surface area contributed by atoms with Crippen molar-refractivity contribution < 1.29 is 0 Å². The average Bonchev–Trinajstić information content (AvgIpc) is 3.83. The van der Waals surface area contributed by atoms with Gasteiger partial charge in [-0.25, -0.2) is 0 Å². The number of benzene rings is 9. The van der Waals surface area contributed by atoms with Gasteiger partial charge in [0.2, 0.25) is 0 Å². The Morgan fingerprint density at radius 1 is 0.310 bits per heavy atom. The van der Waals surface area contributed by atoms with Crippen molar-refractivity contribution in [1.29, 1.82) is 0 Å². The van der Waals surface area contributed by atoms with E-state index in [1.54, 1.807) is 0 Å². The van der Waals surface area contributed by atoms with E-state index in [0.29, 0.717) is 0 Å². The van der Waals surface area contributed by atoms with E-state index in [0.717, 1.165) is 0 Å². The van der Waals surface area contributed by atoms with Crippen molar-refractivity contribution in [2.45, 2.75) is 19.3 Å². The van der Waals surface area contributed by atoms with Crippen molar-refractivity contribution in [2.75, 3.05) is 0 Å². The highest BCUT2D eigenvalue weighted by Gasteiger charge is 2.36. The highest BCUT2D eigenvalue weighted by Crippen LogP contribution is 2.51. The normalized spacial score (nSPS) is 12.8. The van der Waals surface area contributed by atoms with Gasteiger partial charge in [-0.15, -0.1) is 0 Å². The molecule has 1 nitrogen and oxygen atoms in total. The lowest BCUT2D eigenvalue weighted by molar-refractivity contribution is 0.660. The molecule has 1 aliphatic rings. The van der Waals surface area contributed by atoms with Crippen LogP contribution in [0.5, 0.6) is 0 Å². The molecule has 0 amide bonds. The van der Waals surface area contributed by atoms with Gasteiger partial charge in [0.1, 0.15) is 0 Å². The zero-order valence-corrected chi connectivity index (χ0v) is 32.7. The first kappa shape index (κ1) is 34.1. The Kier molecular flexibility index (Phi) is 7.91. The molecule has 0 N–H and O–H groups in total. The van der Waals surface area contributed by atoms with Gasteiger partial charge in [-0.1, -0.05) is 190 Å². The predicted octanol–water partition coefficient (Wildman–Crippen LogP) is 15.4. The summed E-state index contributed by atoms with van der Waals surface area (Å²) in [4.78, 5) is 0. The molecule has 0 saturated carbocycles. The molecule has 1 heteroatoms. The lowest BCUT2D eigenvalue weighted by Gasteiger charge is -2.23. The Labute approximate surface area is 340 Å². The molecule has 0 atom stereocenters. The van der Waals surface area contributed by atoms with Crippen LogP contribution in [-0.4, -0.2) is 4.57 Å². The van der Waals surface area contributed by atoms with E-state index in [4.69, 9.17) is 0 Å². The van der Waals surface area contributed by atoms with Crippen LogP contribution in [-0.2, 0) is 5.41 Å². The van der Waals surface area contributed by atoms with Gasteiger partial charge < -0.3 is 4.57 Å². The maximum absolute atomic E-state index is 2.46. The van der Waals surface area contributed by atoms with E-state index in [2.05, 4.69) is 231 Å². The molecule has 0 radical (unpaired) electrons. The van der Waals surface area contributed by atoms with Crippen LogP contribution in [0.25, 0.3) is 94.3 Å². The fraction of sp³-hybridized carbons (Fsp3) is 0.0526. The highest BCUT2D eigenvalue weighted by atomic mass is 15.0. The summed E-state index contributed by atoms with van der Waals surface area (Å²) in [6.45, 7) is 4.78.